The van der Waals surface area contributed by atoms with Crippen molar-refractivity contribution in [1.82, 2.24) is 10.2 Å². The van der Waals surface area contributed by atoms with Crippen molar-refractivity contribution in [3.63, 3.8) is 0 Å². The van der Waals surface area contributed by atoms with Crippen molar-refractivity contribution in [2.75, 3.05) is 13.1 Å². The first kappa shape index (κ1) is 26.7. The summed E-state index contributed by atoms with van der Waals surface area (Å²) in [5, 5.41) is 11.6. The highest BCUT2D eigenvalue weighted by atomic mass is 35.5. The van der Waals surface area contributed by atoms with Gasteiger partial charge in [-0.1, -0.05) is 54.1 Å². The van der Waals surface area contributed by atoms with E-state index < -0.39 is 32.6 Å². The molecule has 1 amide bonds. The summed E-state index contributed by atoms with van der Waals surface area (Å²) in [7, 11) is -3.85. The summed E-state index contributed by atoms with van der Waals surface area (Å²) in [6.45, 7) is 2.18. The molecule has 4 rings (SSSR count). The number of nitrogens with zero attached hydrogens (tertiary/aromatic N) is 3. The van der Waals surface area contributed by atoms with Crippen molar-refractivity contribution in [3.05, 3.63) is 77.0 Å². The number of allylic oxidation sites excluding steroid dienone is 1. The predicted molar refractivity (Wildman–Crippen MR) is 144 cm³/mol. The molecular weight excluding hydrogens is 510 g/mol. The second-order valence-electron chi connectivity index (χ2n) is 9.55. The molecule has 194 valence electrons. The van der Waals surface area contributed by atoms with Gasteiger partial charge >= 0.3 is 0 Å². The van der Waals surface area contributed by atoms with Crippen LogP contribution in [0.25, 0.3) is 0 Å². The van der Waals surface area contributed by atoms with E-state index in [1.807, 2.05) is 30.3 Å². The van der Waals surface area contributed by atoms with Gasteiger partial charge in [0, 0.05) is 18.8 Å². The minimum absolute atomic E-state index is 0.0338. The Balaban J connectivity index is 1.66. The summed E-state index contributed by atoms with van der Waals surface area (Å²) in [6.07, 6.45) is 3.51. The molecule has 2 aliphatic rings. The van der Waals surface area contributed by atoms with E-state index in [1.54, 1.807) is 30.0 Å². The van der Waals surface area contributed by atoms with Crippen molar-refractivity contribution in [3.8, 4) is 6.07 Å². The molecule has 10 heteroatoms. The van der Waals surface area contributed by atoms with Gasteiger partial charge in [-0.15, -0.1) is 0 Å². The quantitative estimate of drug-likeness (QED) is 0.391. The molecule has 0 aromatic heterocycles. The van der Waals surface area contributed by atoms with Crippen molar-refractivity contribution >= 4 is 33.2 Å². The number of rotatable bonds is 8. The lowest BCUT2D eigenvalue weighted by Crippen LogP contribution is -2.49. The largest absolute Gasteiger partial charge is 0.402 e. The molecule has 2 fully saturated rings. The van der Waals surface area contributed by atoms with Crippen LogP contribution < -0.4 is 11.1 Å². The van der Waals surface area contributed by atoms with E-state index in [1.165, 1.54) is 12.1 Å². The Morgan fingerprint density at radius 1 is 1.24 bits per heavy atom. The average molecular weight is 540 g/mol. The maximum absolute atomic E-state index is 13.6. The number of amides is 1. The third-order valence-electron chi connectivity index (χ3n) is 6.64. The van der Waals surface area contributed by atoms with Gasteiger partial charge in [-0.05, 0) is 56.4 Å². The molecule has 0 radical (unpaired) electrons. The SMILES string of the molecule is CC(N)=CC(=NCCc1ccccc1)N1C[C@H](S(=O)(=O)c2ccccc2Cl)C[C@H]1C(=O)NC1(C#N)CC1. The Morgan fingerprint density at radius 3 is 2.54 bits per heavy atom. The number of nitrogens with two attached hydrogens (primary N) is 1. The highest BCUT2D eigenvalue weighted by Gasteiger charge is 2.49. The molecule has 2 atom stereocenters. The fourth-order valence-electron chi connectivity index (χ4n) is 4.46. The maximum Gasteiger partial charge on any atom is 0.244 e. The van der Waals surface area contributed by atoms with Gasteiger partial charge in [0.25, 0.3) is 0 Å². The number of hydrogen-bond acceptors (Lipinski definition) is 6. The summed E-state index contributed by atoms with van der Waals surface area (Å²) in [6, 6.07) is 17.5. The number of carbonyl (C=O) groups excluding carboxylic acids is 1. The zero-order valence-corrected chi connectivity index (χ0v) is 22.2. The summed E-state index contributed by atoms with van der Waals surface area (Å²) >= 11 is 6.24. The molecule has 37 heavy (non-hydrogen) atoms. The molecule has 0 bridgehead atoms. The minimum Gasteiger partial charge on any atom is -0.402 e. The van der Waals surface area contributed by atoms with Crippen LogP contribution in [0, 0.1) is 11.3 Å². The lowest BCUT2D eigenvalue weighted by atomic mass is 10.1. The van der Waals surface area contributed by atoms with Gasteiger partial charge < -0.3 is 16.0 Å². The first-order chi connectivity index (χ1) is 17.6. The van der Waals surface area contributed by atoms with Gasteiger partial charge in [0.05, 0.1) is 21.2 Å². The highest BCUT2D eigenvalue weighted by Crippen LogP contribution is 2.36. The monoisotopic (exact) mass is 539 g/mol. The van der Waals surface area contributed by atoms with E-state index in [0.29, 0.717) is 37.3 Å². The number of sulfone groups is 1. The molecule has 1 saturated carbocycles. The summed E-state index contributed by atoms with van der Waals surface area (Å²) in [5.41, 5.74) is 6.71. The number of hydrogen-bond donors (Lipinski definition) is 2. The van der Waals surface area contributed by atoms with Crippen molar-refractivity contribution in [2.45, 2.75) is 54.3 Å². The van der Waals surface area contributed by atoms with E-state index in [2.05, 4.69) is 11.4 Å². The number of benzene rings is 2. The summed E-state index contributed by atoms with van der Waals surface area (Å²) < 4.78 is 27.2. The molecular formula is C27H30ClN5O3S. The number of halogens is 1. The topological polar surface area (TPSA) is 129 Å². The zero-order valence-electron chi connectivity index (χ0n) is 20.6. The van der Waals surface area contributed by atoms with Crippen LogP contribution in [0.5, 0.6) is 0 Å². The van der Waals surface area contributed by atoms with Crippen LogP contribution in [0.4, 0.5) is 0 Å². The maximum atomic E-state index is 13.6. The van der Waals surface area contributed by atoms with Crippen LogP contribution in [-0.4, -0.2) is 55.0 Å². The van der Waals surface area contributed by atoms with E-state index in [0.717, 1.165) is 5.56 Å². The van der Waals surface area contributed by atoms with Crippen molar-refractivity contribution in [1.29, 1.82) is 5.26 Å². The van der Waals surface area contributed by atoms with Gasteiger partial charge in [-0.2, -0.15) is 5.26 Å². The van der Waals surface area contributed by atoms with Crippen LogP contribution in [0.1, 0.15) is 31.7 Å². The zero-order chi connectivity index (χ0) is 26.6. The molecule has 1 aliphatic carbocycles. The number of aliphatic imine (C=N–C) groups is 1. The van der Waals surface area contributed by atoms with Gasteiger partial charge in [-0.3, -0.25) is 9.79 Å². The molecule has 1 aliphatic heterocycles. The molecule has 2 aromatic rings. The van der Waals surface area contributed by atoms with E-state index in [4.69, 9.17) is 22.3 Å². The Morgan fingerprint density at radius 2 is 1.92 bits per heavy atom. The molecule has 2 aromatic carbocycles. The highest BCUT2D eigenvalue weighted by molar-refractivity contribution is 7.92. The van der Waals surface area contributed by atoms with Crippen molar-refractivity contribution in [2.24, 2.45) is 10.7 Å². The minimum atomic E-state index is -3.85. The van der Waals surface area contributed by atoms with Gasteiger partial charge in [0.2, 0.25) is 5.91 Å². The fourth-order valence-corrected chi connectivity index (χ4v) is 6.67. The number of nitriles is 1. The Hall–Kier alpha value is -3.35. The van der Waals surface area contributed by atoms with E-state index >= 15 is 0 Å². The van der Waals surface area contributed by atoms with Crippen LogP contribution in [0.2, 0.25) is 5.02 Å². The summed E-state index contributed by atoms with van der Waals surface area (Å²) in [4.78, 5) is 19.9. The third-order valence-corrected chi connectivity index (χ3v) is 9.27. The lowest BCUT2D eigenvalue weighted by Gasteiger charge is -2.27. The molecule has 1 saturated heterocycles. The van der Waals surface area contributed by atoms with E-state index in [9.17, 15) is 18.5 Å². The number of carbonyl (C=O) groups is 1. The van der Waals surface area contributed by atoms with Crippen LogP contribution in [0.15, 0.2) is 76.3 Å². The second kappa shape index (κ2) is 11.0. The number of likely N-dealkylation sites (tertiary alicyclic amines) is 1. The molecule has 0 spiro atoms. The van der Waals surface area contributed by atoms with Crippen LogP contribution in [-0.2, 0) is 21.1 Å². The van der Waals surface area contributed by atoms with Gasteiger partial charge in [-0.25, -0.2) is 8.42 Å². The van der Waals surface area contributed by atoms with Crippen LogP contribution >= 0.6 is 11.6 Å². The average Bonchev–Trinajstić information content (AvgIpc) is 3.49. The molecule has 0 unspecified atom stereocenters. The van der Waals surface area contributed by atoms with E-state index in [-0.39, 0.29) is 22.9 Å². The second-order valence-corrected chi connectivity index (χ2v) is 12.2. The van der Waals surface area contributed by atoms with Gasteiger partial charge in [0.1, 0.15) is 17.4 Å². The Labute approximate surface area is 222 Å². The first-order valence-electron chi connectivity index (χ1n) is 12.2. The lowest BCUT2D eigenvalue weighted by molar-refractivity contribution is -0.125. The van der Waals surface area contributed by atoms with Crippen LogP contribution in [0.3, 0.4) is 0 Å². The number of nitrogens with one attached hydrogen (secondary N) is 1. The standard InChI is InChI=1S/C27H30ClN5O3S/c1-19(30)15-25(31-14-11-20-7-3-2-4-8-20)33-17-21(37(35,36)24-10-6-5-9-22(24)28)16-23(33)26(34)32-27(18-29)12-13-27/h2-10,15,21,23H,11-14,16-17,30H2,1H3,(H,32,34)/t21-,23+/m1/s1. The molecule has 3 N–H and O–H groups in total. The summed E-state index contributed by atoms with van der Waals surface area (Å²) in [5.74, 6) is 0.0458. The smallest absolute Gasteiger partial charge is 0.244 e. The third kappa shape index (κ3) is 6.14. The fraction of sp³-hybridized carbons (Fsp3) is 0.370. The van der Waals surface area contributed by atoms with Gasteiger partial charge in [0.15, 0.2) is 9.84 Å². The normalized spacial score (nSPS) is 21.4. The molecule has 1 heterocycles. The first-order valence-corrected chi connectivity index (χ1v) is 14.1. The number of amidine groups is 1. The Bertz CT molecular complexity index is 1360. The van der Waals surface area contributed by atoms with Crippen molar-refractivity contribution < 1.29 is 13.2 Å². The molecule has 8 nitrogen and oxygen atoms in total. The predicted octanol–water partition coefficient (Wildman–Crippen LogP) is 3.23. The Kier molecular flexibility index (Phi) is 7.90.